The zero-order valence-electron chi connectivity index (χ0n) is 10.5. The number of halogens is 1. The first-order valence-electron chi connectivity index (χ1n) is 5.51. The van der Waals surface area contributed by atoms with Crippen LogP contribution in [0.25, 0.3) is 0 Å². The number of nitrogens with zero attached hydrogens (tertiary/aromatic N) is 1. The van der Waals surface area contributed by atoms with Gasteiger partial charge >= 0.3 is 0 Å². The molecule has 2 nitrogen and oxygen atoms in total. The predicted octanol–water partition coefficient (Wildman–Crippen LogP) is 2.50. The van der Waals surface area contributed by atoms with Crippen LogP contribution in [0.4, 0.5) is 0 Å². The van der Waals surface area contributed by atoms with Gasteiger partial charge < -0.3 is 10.6 Å². The summed E-state index contributed by atoms with van der Waals surface area (Å²) in [6.07, 6.45) is 0.919. The fourth-order valence-electron chi connectivity index (χ4n) is 1.46. The van der Waals surface area contributed by atoms with E-state index < -0.39 is 0 Å². The van der Waals surface area contributed by atoms with Crippen molar-refractivity contribution in [3.8, 4) is 0 Å². The normalized spacial score (nSPS) is 14.2. The number of rotatable bonds is 4. The van der Waals surface area contributed by atoms with Crippen LogP contribution in [0.3, 0.4) is 0 Å². The van der Waals surface area contributed by atoms with Gasteiger partial charge in [0.2, 0.25) is 0 Å². The van der Waals surface area contributed by atoms with Gasteiger partial charge in [-0.15, -0.1) is 0 Å². The third kappa shape index (κ3) is 3.43. The molecule has 0 aromatic heterocycles. The van der Waals surface area contributed by atoms with Gasteiger partial charge in [-0.05, 0) is 74.7 Å². The number of benzene rings is 1. The third-order valence-electron chi connectivity index (χ3n) is 3.43. The lowest BCUT2D eigenvalue weighted by atomic mass is 9.89. The Balaban J connectivity index is 2.71. The zero-order chi connectivity index (χ0) is 12.3. The van der Waals surface area contributed by atoms with Crippen molar-refractivity contribution in [2.45, 2.75) is 31.8 Å². The molecule has 90 valence electrons. The lowest BCUT2D eigenvalue weighted by Gasteiger charge is -2.38. The van der Waals surface area contributed by atoms with Crippen molar-refractivity contribution in [2.75, 3.05) is 14.1 Å². The summed E-state index contributed by atoms with van der Waals surface area (Å²) in [4.78, 5) is 2.18. The van der Waals surface area contributed by atoms with E-state index in [1.807, 2.05) is 0 Å². The molecule has 1 aromatic rings. The van der Waals surface area contributed by atoms with Gasteiger partial charge in [0.25, 0.3) is 0 Å². The summed E-state index contributed by atoms with van der Waals surface area (Å²) in [6.45, 7) is 4.37. The summed E-state index contributed by atoms with van der Waals surface area (Å²) in [7, 11) is 4.15. The Kier molecular flexibility index (Phi) is 4.76. The van der Waals surface area contributed by atoms with Crippen LogP contribution in [0.15, 0.2) is 24.3 Å². The first-order valence-corrected chi connectivity index (χ1v) is 6.59. The van der Waals surface area contributed by atoms with E-state index in [1.54, 1.807) is 0 Å². The molecule has 0 fully saturated rings. The largest absolute Gasteiger partial charge is 0.326 e. The SMILES string of the molecule is CN(C)C(C)(C)C(N)Cc1ccc(I)cc1. The maximum atomic E-state index is 6.28. The van der Waals surface area contributed by atoms with Gasteiger partial charge in [-0.2, -0.15) is 0 Å². The molecule has 0 heterocycles. The van der Waals surface area contributed by atoms with Crippen molar-refractivity contribution < 1.29 is 0 Å². The Morgan fingerprint density at radius 2 is 1.75 bits per heavy atom. The summed E-state index contributed by atoms with van der Waals surface area (Å²) in [5.74, 6) is 0. The summed E-state index contributed by atoms with van der Waals surface area (Å²) in [6, 6.07) is 8.72. The zero-order valence-corrected chi connectivity index (χ0v) is 12.7. The molecule has 1 rings (SSSR count). The Hall–Kier alpha value is -0.130. The van der Waals surface area contributed by atoms with E-state index in [1.165, 1.54) is 9.13 Å². The van der Waals surface area contributed by atoms with Crippen LogP contribution in [0.1, 0.15) is 19.4 Å². The van der Waals surface area contributed by atoms with Crippen molar-refractivity contribution >= 4 is 22.6 Å². The highest BCUT2D eigenvalue weighted by molar-refractivity contribution is 14.1. The van der Waals surface area contributed by atoms with Gasteiger partial charge in [-0.3, -0.25) is 0 Å². The van der Waals surface area contributed by atoms with Gasteiger partial charge in [0, 0.05) is 15.2 Å². The highest BCUT2D eigenvalue weighted by Crippen LogP contribution is 2.18. The molecule has 0 saturated heterocycles. The minimum absolute atomic E-state index is 0.0169. The molecule has 0 bridgehead atoms. The molecule has 0 spiro atoms. The second-order valence-corrected chi connectivity index (χ2v) is 6.23. The summed E-state index contributed by atoms with van der Waals surface area (Å²) in [5, 5.41) is 0. The predicted molar refractivity (Wildman–Crippen MR) is 78.6 cm³/mol. The van der Waals surface area contributed by atoms with Crippen molar-refractivity contribution in [1.82, 2.24) is 4.90 Å². The molecule has 1 aromatic carbocycles. The van der Waals surface area contributed by atoms with Gasteiger partial charge in [0.05, 0.1) is 0 Å². The van der Waals surface area contributed by atoms with Crippen LogP contribution >= 0.6 is 22.6 Å². The number of likely N-dealkylation sites (N-methyl/N-ethyl adjacent to an activating group) is 1. The van der Waals surface area contributed by atoms with Crippen LogP contribution in [-0.4, -0.2) is 30.6 Å². The van der Waals surface area contributed by atoms with Gasteiger partial charge in [0.1, 0.15) is 0 Å². The second kappa shape index (κ2) is 5.47. The minimum Gasteiger partial charge on any atom is -0.326 e. The van der Waals surface area contributed by atoms with Gasteiger partial charge in [-0.25, -0.2) is 0 Å². The van der Waals surface area contributed by atoms with Crippen LogP contribution in [0.5, 0.6) is 0 Å². The lowest BCUT2D eigenvalue weighted by molar-refractivity contribution is 0.158. The molecule has 0 amide bonds. The molecule has 0 saturated carbocycles. The van der Waals surface area contributed by atoms with Gasteiger partial charge in [0.15, 0.2) is 0 Å². The number of hydrogen-bond donors (Lipinski definition) is 1. The highest BCUT2D eigenvalue weighted by atomic mass is 127. The molecule has 0 radical (unpaired) electrons. The second-order valence-electron chi connectivity index (χ2n) is 4.99. The molecule has 16 heavy (non-hydrogen) atoms. The molecular formula is C13H21IN2. The minimum atomic E-state index is 0.0169. The highest BCUT2D eigenvalue weighted by Gasteiger charge is 2.28. The van der Waals surface area contributed by atoms with Crippen molar-refractivity contribution in [1.29, 1.82) is 0 Å². The Morgan fingerprint density at radius 3 is 2.19 bits per heavy atom. The van der Waals surface area contributed by atoms with Crippen LogP contribution in [-0.2, 0) is 6.42 Å². The molecule has 0 aliphatic carbocycles. The molecule has 0 aliphatic heterocycles. The van der Waals surface area contributed by atoms with Crippen LogP contribution < -0.4 is 5.73 Å². The van der Waals surface area contributed by atoms with E-state index in [2.05, 4.69) is 79.7 Å². The molecular weight excluding hydrogens is 311 g/mol. The third-order valence-corrected chi connectivity index (χ3v) is 4.15. The van der Waals surface area contributed by atoms with E-state index in [0.29, 0.717) is 0 Å². The van der Waals surface area contributed by atoms with Crippen molar-refractivity contribution in [3.63, 3.8) is 0 Å². The quantitative estimate of drug-likeness (QED) is 0.859. The average Bonchev–Trinajstić information content (AvgIpc) is 2.21. The first kappa shape index (κ1) is 13.9. The van der Waals surface area contributed by atoms with Gasteiger partial charge in [-0.1, -0.05) is 12.1 Å². The van der Waals surface area contributed by atoms with Crippen molar-refractivity contribution in [2.24, 2.45) is 5.73 Å². The topological polar surface area (TPSA) is 29.3 Å². The van der Waals surface area contributed by atoms with E-state index in [4.69, 9.17) is 5.73 Å². The molecule has 3 heteroatoms. The van der Waals surface area contributed by atoms with Crippen LogP contribution in [0.2, 0.25) is 0 Å². The summed E-state index contributed by atoms with van der Waals surface area (Å²) < 4.78 is 1.27. The Morgan fingerprint density at radius 1 is 1.25 bits per heavy atom. The van der Waals surface area contributed by atoms with Crippen molar-refractivity contribution in [3.05, 3.63) is 33.4 Å². The molecule has 0 aliphatic rings. The van der Waals surface area contributed by atoms with E-state index in [-0.39, 0.29) is 11.6 Å². The van der Waals surface area contributed by atoms with E-state index in [9.17, 15) is 0 Å². The smallest absolute Gasteiger partial charge is 0.0301 e. The van der Waals surface area contributed by atoms with Crippen LogP contribution in [0, 0.1) is 3.57 Å². The number of nitrogens with two attached hydrogens (primary N) is 1. The monoisotopic (exact) mass is 332 g/mol. The fourth-order valence-corrected chi connectivity index (χ4v) is 1.82. The summed E-state index contributed by atoms with van der Waals surface area (Å²) in [5.41, 5.74) is 7.60. The fraction of sp³-hybridized carbons (Fsp3) is 0.538. The number of hydrogen-bond acceptors (Lipinski definition) is 2. The average molecular weight is 332 g/mol. The maximum Gasteiger partial charge on any atom is 0.0301 e. The Bertz CT molecular complexity index is 330. The Labute approximate surface area is 112 Å². The maximum absolute atomic E-state index is 6.28. The standard InChI is InChI=1S/C13H21IN2/c1-13(2,16(3)4)12(15)9-10-5-7-11(14)8-6-10/h5-8,12H,9,15H2,1-4H3. The summed E-state index contributed by atoms with van der Waals surface area (Å²) >= 11 is 2.32. The van der Waals surface area contributed by atoms with E-state index >= 15 is 0 Å². The molecule has 2 N–H and O–H groups in total. The van der Waals surface area contributed by atoms with E-state index in [0.717, 1.165) is 6.42 Å². The lowest BCUT2D eigenvalue weighted by Crippen LogP contribution is -2.54. The first-order chi connectivity index (χ1) is 7.34. The molecule has 1 atom stereocenters. The molecule has 1 unspecified atom stereocenters.